The normalized spacial score (nSPS) is 11.2. The fraction of sp³-hybridized carbons (Fsp3) is 0.286. The first-order valence-corrected chi connectivity index (χ1v) is 9.27. The highest BCUT2D eigenvalue weighted by atomic mass is 16.2. The molecule has 29 heavy (non-hydrogen) atoms. The minimum Gasteiger partial charge on any atom is -0.352 e. The standard InChI is InChI=1S/C21H24N6O2/c1-14-5-10-18(26-25-14)27-17(11-12-23-27)24-20(29)16-8-6-15(7-9-16)19(28)22-13-21(2,3)4/h5-12H,13H2,1-4H3,(H,22,28)(H,24,29). The smallest absolute Gasteiger partial charge is 0.256 e. The number of carbonyl (C=O) groups excluding carboxylic acids is 2. The number of nitrogens with zero attached hydrogens (tertiary/aromatic N) is 4. The summed E-state index contributed by atoms with van der Waals surface area (Å²) in [5.41, 5.74) is 1.73. The van der Waals surface area contributed by atoms with Gasteiger partial charge in [-0.3, -0.25) is 9.59 Å². The Morgan fingerprint density at radius 2 is 1.59 bits per heavy atom. The van der Waals surface area contributed by atoms with E-state index >= 15 is 0 Å². The van der Waals surface area contributed by atoms with Crippen molar-refractivity contribution in [1.82, 2.24) is 25.3 Å². The summed E-state index contributed by atoms with van der Waals surface area (Å²) >= 11 is 0. The highest BCUT2D eigenvalue weighted by Gasteiger charge is 2.15. The molecule has 3 rings (SSSR count). The van der Waals surface area contributed by atoms with Gasteiger partial charge >= 0.3 is 0 Å². The van der Waals surface area contributed by atoms with Crippen LogP contribution < -0.4 is 10.6 Å². The van der Waals surface area contributed by atoms with Crippen molar-refractivity contribution in [1.29, 1.82) is 0 Å². The molecule has 0 aliphatic heterocycles. The first-order valence-electron chi connectivity index (χ1n) is 9.27. The minimum absolute atomic E-state index is 0.000262. The second-order valence-electron chi connectivity index (χ2n) is 7.94. The van der Waals surface area contributed by atoms with Crippen LogP contribution >= 0.6 is 0 Å². The van der Waals surface area contributed by atoms with Crippen molar-refractivity contribution in [2.45, 2.75) is 27.7 Å². The Kier molecular flexibility index (Phi) is 5.72. The third-order valence-electron chi connectivity index (χ3n) is 4.07. The van der Waals surface area contributed by atoms with Crippen molar-refractivity contribution in [3.63, 3.8) is 0 Å². The number of aryl methyl sites for hydroxylation is 1. The summed E-state index contributed by atoms with van der Waals surface area (Å²) in [5, 5.41) is 18.0. The quantitative estimate of drug-likeness (QED) is 0.695. The predicted octanol–water partition coefficient (Wildman–Crippen LogP) is 3.00. The molecule has 0 radical (unpaired) electrons. The van der Waals surface area contributed by atoms with E-state index in [9.17, 15) is 9.59 Å². The monoisotopic (exact) mass is 392 g/mol. The second kappa shape index (κ2) is 8.22. The fourth-order valence-electron chi connectivity index (χ4n) is 2.49. The van der Waals surface area contributed by atoms with Crippen molar-refractivity contribution in [2.75, 3.05) is 11.9 Å². The Morgan fingerprint density at radius 3 is 2.17 bits per heavy atom. The van der Waals surface area contributed by atoms with Gasteiger partial charge < -0.3 is 10.6 Å². The number of amides is 2. The molecule has 2 aromatic heterocycles. The fourth-order valence-corrected chi connectivity index (χ4v) is 2.49. The molecular formula is C21H24N6O2. The van der Waals surface area contributed by atoms with Crippen LogP contribution in [0.2, 0.25) is 0 Å². The van der Waals surface area contributed by atoms with Crippen LogP contribution in [0.15, 0.2) is 48.7 Å². The van der Waals surface area contributed by atoms with Crippen molar-refractivity contribution in [3.05, 3.63) is 65.5 Å². The third kappa shape index (κ3) is 5.25. The van der Waals surface area contributed by atoms with Crippen LogP contribution in [0.4, 0.5) is 5.82 Å². The molecule has 2 heterocycles. The molecule has 0 fully saturated rings. The van der Waals surface area contributed by atoms with E-state index in [1.807, 2.05) is 33.8 Å². The van der Waals surface area contributed by atoms with E-state index in [0.29, 0.717) is 29.3 Å². The zero-order valence-corrected chi connectivity index (χ0v) is 16.9. The first kappa shape index (κ1) is 20.2. The molecule has 2 N–H and O–H groups in total. The summed E-state index contributed by atoms with van der Waals surface area (Å²) in [4.78, 5) is 24.8. The van der Waals surface area contributed by atoms with Crippen LogP contribution in [0, 0.1) is 12.3 Å². The molecule has 150 valence electrons. The maximum absolute atomic E-state index is 12.6. The number of hydrogen-bond donors (Lipinski definition) is 2. The summed E-state index contributed by atoms with van der Waals surface area (Å²) in [5.74, 6) is 0.498. The van der Waals surface area contributed by atoms with E-state index in [-0.39, 0.29) is 17.2 Å². The van der Waals surface area contributed by atoms with Gasteiger partial charge in [-0.2, -0.15) is 14.9 Å². The lowest BCUT2D eigenvalue weighted by atomic mass is 9.97. The lowest BCUT2D eigenvalue weighted by Crippen LogP contribution is -2.32. The molecule has 8 heteroatoms. The van der Waals surface area contributed by atoms with Crippen LogP contribution in [-0.4, -0.2) is 38.3 Å². The van der Waals surface area contributed by atoms with Gasteiger partial charge in [0.2, 0.25) is 0 Å². The number of carbonyl (C=O) groups is 2. The highest BCUT2D eigenvalue weighted by Crippen LogP contribution is 2.15. The van der Waals surface area contributed by atoms with Gasteiger partial charge in [0.15, 0.2) is 5.82 Å². The summed E-state index contributed by atoms with van der Waals surface area (Å²) in [6.07, 6.45) is 1.57. The van der Waals surface area contributed by atoms with Crippen LogP contribution in [0.25, 0.3) is 5.82 Å². The second-order valence-corrected chi connectivity index (χ2v) is 7.94. The number of aromatic nitrogens is 4. The maximum Gasteiger partial charge on any atom is 0.256 e. The average Bonchev–Trinajstić information content (AvgIpc) is 3.14. The zero-order valence-electron chi connectivity index (χ0n) is 16.9. The van der Waals surface area contributed by atoms with Crippen LogP contribution in [0.5, 0.6) is 0 Å². The molecule has 0 unspecified atom stereocenters. The number of rotatable bonds is 5. The Balaban J connectivity index is 1.68. The molecule has 0 aliphatic rings. The molecule has 0 atom stereocenters. The molecule has 8 nitrogen and oxygen atoms in total. The Bertz CT molecular complexity index is 1000. The van der Waals surface area contributed by atoms with Gasteiger partial charge in [0, 0.05) is 23.7 Å². The van der Waals surface area contributed by atoms with E-state index in [1.165, 1.54) is 4.68 Å². The van der Waals surface area contributed by atoms with Gasteiger partial charge in [0.1, 0.15) is 5.82 Å². The number of benzene rings is 1. The van der Waals surface area contributed by atoms with E-state index < -0.39 is 0 Å². The predicted molar refractivity (Wildman–Crippen MR) is 110 cm³/mol. The molecule has 0 aliphatic carbocycles. The Hall–Kier alpha value is -3.55. The molecule has 0 bridgehead atoms. The van der Waals surface area contributed by atoms with Gasteiger partial charge in [0.05, 0.1) is 11.9 Å². The van der Waals surface area contributed by atoms with Crippen molar-refractivity contribution >= 4 is 17.6 Å². The van der Waals surface area contributed by atoms with Gasteiger partial charge in [-0.05, 0) is 48.7 Å². The molecule has 0 saturated carbocycles. The van der Waals surface area contributed by atoms with Crippen LogP contribution in [0.3, 0.4) is 0 Å². The van der Waals surface area contributed by atoms with Gasteiger partial charge in [-0.1, -0.05) is 20.8 Å². The van der Waals surface area contributed by atoms with Crippen molar-refractivity contribution < 1.29 is 9.59 Å². The van der Waals surface area contributed by atoms with Gasteiger partial charge in [-0.25, -0.2) is 0 Å². The largest absolute Gasteiger partial charge is 0.352 e. The molecule has 0 saturated heterocycles. The van der Waals surface area contributed by atoms with Crippen molar-refractivity contribution in [3.8, 4) is 5.82 Å². The van der Waals surface area contributed by atoms with Crippen LogP contribution in [0.1, 0.15) is 47.2 Å². The van der Waals surface area contributed by atoms with E-state index in [4.69, 9.17) is 0 Å². The Morgan fingerprint density at radius 1 is 0.931 bits per heavy atom. The SMILES string of the molecule is Cc1ccc(-n2nccc2NC(=O)c2ccc(C(=O)NCC(C)(C)C)cc2)nn1. The molecular weight excluding hydrogens is 368 g/mol. The highest BCUT2D eigenvalue weighted by molar-refractivity contribution is 6.04. The van der Waals surface area contributed by atoms with E-state index in [0.717, 1.165) is 5.69 Å². The number of nitrogens with one attached hydrogen (secondary N) is 2. The van der Waals surface area contributed by atoms with Gasteiger partial charge in [-0.15, -0.1) is 5.10 Å². The molecule has 2 amide bonds. The summed E-state index contributed by atoms with van der Waals surface area (Å²) in [6, 6.07) is 11.8. The van der Waals surface area contributed by atoms with E-state index in [2.05, 4.69) is 25.9 Å². The molecule has 1 aromatic carbocycles. The minimum atomic E-state index is -0.312. The first-order chi connectivity index (χ1) is 13.7. The average molecular weight is 392 g/mol. The maximum atomic E-state index is 12.6. The van der Waals surface area contributed by atoms with Crippen molar-refractivity contribution in [2.24, 2.45) is 5.41 Å². The summed E-state index contributed by atoms with van der Waals surface area (Å²) in [6.45, 7) is 8.56. The van der Waals surface area contributed by atoms with Crippen LogP contribution in [-0.2, 0) is 0 Å². The number of hydrogen-bond acceptors (Lipinski definition) is 5. The lowest BCUT2D eigenvalue weighted by molar-refractivity contribution is 0.0938. The summed E-state index contributed by atoms with van der Waals surface area (Å²) in [7, 11) is 0. The molecule has 0 spiro atoms. The number of anilines is 1. The van der Waals surface area contributed by atoms with E-state index in [1.54, 1.807) is 42.6 Å². The zero-order chi connectivity index (χ0) is 21.0. The topological polar surface area (TPSA) is 102 Å². The summed E-state index contributed by atoms with van der Waals surface area (Å²) < 4.78 is 1.50. The third-order valence-corrected chi connectivity index (χ3v) is 4.07. The van der Waals surface area contributed by atoms with Gasteiger partial charge in [0.25, 0.3) is 11.8 Å². The Labute approximate surface area is 169 Å². The molecule has 3 aromatic rings. The lowest BCUT2D eigenvalue weighted by Gasteiger charge is -2.18.